The van der Waals surface area contributed by atoms with Gasteiger partial charge < -0.3 is 20.4 Å². The molecule has 5 heteroatoms. The number of carboxylic acid groups (broad SMARTS) is 1. The number of aliphatic carboxylic acids is 1. The summed E-state index contributed by atoms with van der Waals surface area (Å²) in [5, 5.41) is 41.8. The first-order valence-corrected chi connectivity index (χ1v) is 11.8. The second kappa shape index (κ2) is 7.49. The van der Waals surface area contributed by atoms with Gasteiger partial charge in [0.05, 0.1) is 18.3 Å². The molecule has 5 nitrogen and oxygen atoms in total. The van der Waals surface area contributed by atoms with E-state index in [1.54, 1.807) is 0 Å². The van der Waals surface area contributed by atoms with E-state index >= 15 is 0 Å². The van der Waals surface area contributed by atoms with Crippen molar-refractivity contribution in [2.45, 2.75) is 96.9 Å². The summed E-state index contributed by atoms with van der Waals surface area (Å²) in [6.45, 7) is 6.72. The summed E-state index contributed by atoms with van der Waals surface area (Å²) < 4.78 is 0. The van der Waals surface area contributed by atoms with E-state index in [9.17, 15) is 20.1 Å². The number of aliphatic hydroxyl groups excluding tert-OH is 3. The highest BCUT2D eigenvalue weighted by molar-refractivity contribution is 5.66. The van der Waals surface area contributed by atoms with Crippen LogP contribution in [0.25, 0.3) is 0 Å². The molecule has 4 aliphatic rings. The minimum atomic E-state index is -0.741. The molecule has 4 rings (SSSR count). The van der Waals surface area contributed by atoms with Gasteiger partial charge in [0, 0.05) is 6.42 Å². The molecule has 4 fully saturated rings. The zero-order valence-electron chi connectivity index (χ0n) is 18.3. The SMILES string of the molecule is C[C@H](CCC(=O)O)[C@H]1CC[C@H]2[C@@H]3C[C@@H](O)[C@@H]4C[C@H](O)CC[C@]4(C)[C@H]3C[C@H](O)[C@]12C. The van der Waals surface area contributed by atoms with Crippen LogP contribution >= 0.6 is 0 Å². The summed E-state index contributed by atoms with van der Waals surface area (Å²) >= 11 is 0. The van der Waals surface area contributed by atoms with Gasteiger partial charge in [0.25, 0.3) is 0 Å². The van der Waals surface area contributed by atoms with Crippen LogP contribution in [0.4, 0.5) is 0 Å². The van der Waals surface area contributed by atoms with Crippen LogP contribution in [0.15, 0.2) is 0 Å². The zero-order valence-corrected chi connectivity index (χ0v) is 18.3. The lowest BCUT2D eigenvalue weighted by atomic mass is 9.43. The smallest absolute Gasteiger partial charge is 0.303 e. The van der Waals surface area contributed by atoms with Crippen molar-refractivity contribution < 1.29 is 25.2 Å². The van der Waals surface area contributed by atoms with E-state index in [0.29, 0.717) is 36.5 Å². The third-order valence-corrected chi connectivity index (χ3v) is 10.3. The lowest BCUT2D eigenvalue weighted by molar-refractivity contribution is -0.202. The maximum absolute atomic E-state index is 11.5. The molecular weight excluding hydrogens is 368 g/mol. The minimum Gasteiger partial charge on any atom is -0.481 e. The average Bonchev–Trinajstić information content (AvgIpc) is 3.02. The van der Waals surface area contributed by atoms with Crippen LogP contribution in [0.3, 0.4) is 0 Å². The number of carbonyl (C=O) groups is 1. The van der Waals surface area contributed by atoms with E-state index in [1.165, 1.54) is 0 Å². The molecule has 166 valence electrons. The molecule has 0 radical (unpaired) electrons. The van der Waals surface area contributed by atoms with E-state index in [-0.39, 0.29) is 47.4 Å². The molecule has 4 aliphatic carbocycles. The molecule has 0 unspecified atom stereocenters. The highest BCUT2D eigenvalue weighted by Crippen LogP contribution is 2.68. The average molecular weight is 409 g/mol. The Labute approximate surface area is 174 Å². The molecule has 0 bridgehead atoms. The lowest BCUT2D eigenvalue weighted by Crippen LogP contribution is -2.61. The molecular formula is C24H40O5. The number of rotatable bonds is 4. The summed E-state index contributed by atoms with van der Waals surface area (Å²) in [5.41, 5.74) is -0.187. The molecule has 0 heterocycles. The molecule has 4 saturated carbocycles. The van der Waals surface area contributed by atoms with Crippen LogP contribution in [0.2, 0.25) is 0 Å². The molecule has 0 aromatic rings. The number of carboxylic acids is 1. The molecule has 0 aromatic heterocycles. The van der Waals surface area contributed by atoms with E-state index in [4.69, 9.17) is 5.11 Å². The van der Waals surface area contributed by atoms with Crippen molar-refractivity contribution in [3.8, 4) is 0 Å². The van der Waals surface area contributed by atoms with Gasteiger partial charge in [-0.3, -0.25) is 4.79 Å². The number of aliphatic hydroxyl groups is 3. The predicted molar refractivity (Wildman–Crippen MR) is 110 cm³/mol. The van der Waals surface area contributed by atoms with Crippen LogP contribution in [0.1, 0.15) is 78.6 Å². The third-order valence-electron chi connectivity index (χ3n) is 10.3. The second-order valence-electron chi connectivity index (χ2n) is 11.4. The van der Waals surface area contributed by atoms with Crippen molar-refractivity contribution in [2.75, 3.05) is 0 Å². The fourth-order valence-corrected chi connectivity index (χ4v) is 8.76. The predicted octanol–water partition coefficient (Wildman–Crippen LogP) is 3.45. The standard InChI is InChI=1S/C24H40O5/c1-13(4-7-22(28)29)16-5-6-17-15-11-20(26)19-10-14(25)8-9-23(19,2)18(15)12-21(27)24(16,17)3/h13-21,25-27H,4-12H2,1-3H3,(H,28,29)/t13-,14-,15+,16-,17+,18+,19+,20-,21+,23-,24-/m1/s1. The zero-order chi connectivity index (χ0) is 21.1. The van der Waals surface area contributed by atoms with Crippen molar-refractivity contribution in [2.24, 2.45) is 46.3 Å². The van der Waals surface area contributed by atoms with Crippen LogP contribution in [-0.4, -0.2) is 44.7 Å². The van der Waals surface area contributed by atoms with Crippen molar-refractivity contribution >= 4 is 5.97 Å². The fraction of sp³-hybridized carbons (Fsp3) is 0.958. The normalized spacial score (nSPS) is 52.9. The maximum atomic E-state index is 11.5. The Bertz CT molecular complexity index is 637. The highest BCUT2D eigenvalue weighted by atomic mass is 16.4. The third kappa shape index (κ3) is 3.27. The van der Waals surface area contributed by atoms with Crippen molar-refractivity contribution in [3.63, 3.8) is 0 Å². The maximum Gasteiger partial charge on any atom is 0.303 e. The number of hydrogen-bond donors (Lipinski definition) is 4. The topological polar surface area (TPSA) is 98.0 Å². The van der Waals surface area contributed by atoms with E-state index in [0.717, 1.165) is 38.5 Å². The van der Waals surface area contributed by atoms with Gasteiger partial charge >= 0.3 is 5.97 Å². The molecule has 4 N–H and O–H groups in total. The Morgan fingerprint density at radius 3 is 2.41 bits per heavy atom. The Morgan fingerprint density at radius 2 is 1.72 bits per heavy atom. The van der Waals surface area contributed by atoms with Gasteiger partial charge in [-0.25, -0.2) is 0 Å². The number of fused-ring (bicyclic) bond motifs is 5. The van der Waals surface area contributed by atoms with Crippen LogP contribution in [-0.2, 0) is 4.79 Å². The second-order valence-corrected chi connectivity index (χ2v) is 11.4. The fourth-order valence-electron chi connectivity index (χ4n) is 8.76. The van der Waals surface area contributed by atoms with Crippen molar-refractivity contribution in [1.82, 2.24) is 0 Å². The molecule has 0 spiro atoms. The van der Waals surface area contributed by atoms with Gasteiger partial charge in [0.1, 0.15) is 0 Å². The molecule has 0 aromatic carbocycles. The van der Waals surface area contributed by atoms with Crippen LogP contribution in [0.5, 0.6) is 0 Å². The Balaban J connectivity index is 1.60. The summed E-state index contributed by atoms with van der Waals surface area (Å²) in [7, 11) is 0. The monoisotopic (exact) mass is 408 g/mol. The lowest BCUT2D eigenvalue weighted by Gasteiger charge is -2.63. The Kier molecular flexibility index (Phi) is 5.57. The number of hydrogen-bond acceptors (Lipinski definition) is 4. The quantitative estimate of drug-likeness (QED) is 0.571. The first-order chi connectivity index (χ1) is 13.6. The summed E-state index contributed by atoms with van der Waals surface area (Å²) in [6, 6.07) is 0. The first-order valence-electron chi connectivity index (χ1n) is 11.8. The molecule has 11 atom stereocenters. The van der Waals surface area contributed by atoms with E-state index in [1.807, 2.05) is 0 Å². The van der Waals surface area contributed by atoms with Gasteiger partial charge in [-0.05, 0) is 97.7 Å². The van der Waals surface area contributed by atoms with Gasteiger partial charge in [-0.15, -0.1) is 0 Å². The summed E-state index contributed by atoms with van der Waals surface area (Å²) in [6.07, 6.45) is 5.97. The molecule has 0 aliphatic heterocycles. The summed E-state index contributed by atoms with van der Waals surface area (Å²) in [5.74, 6) is 1.25. The Morgan fingerprint density at radius 1 is 1.00 bits per heavy atom. The van der Waals surface area contributed by atoms with Gasteiger partial charge in [-0.1, -0.05) is 20.8 Å². The Hall–Kier alpha value is -0.650. The van der Waals surface area contributed by atoms with Gasteiger partial charge in [0.2, 0.25) is 0 Å². The largest absolute Gasteiger partial charge is 0.481 e. The molecule has 0 amide bonds. The minimum absolute atomic E-state index is 0.00309. The molecule has 0 saturated heterocycles. The highest BCUT2D eigenvalue weighted by Gasteiger charge is 2.65. The van der Waals surface area contributed by atoms with Crippen LogP contribution < -0.4 is 0 Å². The van der Waals surface area contributed by atoms with Gasteiger partial charge in [0.15, 0.2) is 0 Å². The van der Waals surface area contributed by atoms with Crippen LogP contribution in [0, 0.1) is 46.3 Å². The van der Waals surface area contributed by atoms with Gasteiger partial charge in [-0.2, -0.15) is 0 Å². The summed E-state index contributed by atoms with van der Waals surface area (Å²) in [4.78, 5) is 11.1. The van der Waals surface area contributed by atoms with E-state index < -0.39 is 5.97 Å². The molecule has 29 heavy (non-hydrogen) atoms. The van der Waals surface area contributed by atoms with Crippen molar-refractivity contribution in [1.29, 1.82) is 0 Å². The van der Waals surface area contributed by atoms with Crippen molar-refractivity contribution in [3.05, 3.63) is 0 Å². The van der Waals surface area contributed by atoms with E-state index in [2.05, 4.69) is 20.8 Å². The first kappa shape index (κ1) is 21.6.